The molecule has 4 heteroatoms. The molecule has 0 aliphatic carbocycles. The van der Waals surface area contributed by atoms with Gasteiger partial charge in [0.1, 0.15) is 5.75 Å². The summed E-state index contributed by atoms with van der Waals surface area (Å²) in [5, 5.41) is 12.1. The standard InChI is InChI=1S/C15H23NO3/c1-15(2,3)16-14(18)19-10-5-4-7-12-8-6-9-13(17)11-12/h6,8-9,11,17H,4-5,7,10H2,1-3H3,(H,16,18). The Morgan fingerprint density at radius 3 is 2.68 bits per heavy atom. The number of hydrogen-bond donors (Lipinski definition) is 2. The highest BCUT2D eigenvalue weighted by molar-refractivity contribution is 5.67. The van der Waals surface area contributed by atoms with Gasteiger partial charge in [0.2, 0.25) is 0 Å². The van der Waals surface area contributed by atoms with E-state index in [1.165, 1.54) is 0 Å². The van der Waals surface area contributed by atoms with E-state index in [0.717, 1.165) is 24.8 Å². The summed E-state index contributed by atoms with van der Waals surface area (Å²) in [6.45, 7) is 6.16. The van der Waals surface area contributed by atoms with Gasteiger partial charge in [-0.3, -0.25) is 0 Å². The topological polar surface area (TPSA) is 58.6 Å². The van der Waals surface area contributed by atoms with E-state index in [1.807, 2.05) is 32.9 Å². The van der Waals surface area contributed by atoms with Crippen molar-refractivity contribution in [1.82, 2.24) is 5.32 Å². The minimum Gasteiger partial charge on any atom is -0.508 e. The zero-order valence-corrected chi connectivity index (χ0v) is 11.9. The molecule has 0 saturated carbocycles. The van der Waals surface area contributed by atoms with Gasteiger partial charge in [-0.25, -0.2) is 4.79 Å². The fraction of sp³-hybridized carbons (Fsp3) is 0.533. The average Bonchev–Trinajstić information content (AvgIpc) is 2.26. The molecule has 1 aromatic carbocycles. The third-order valence-electron chi connectivity index (χ3n) is 2.48. The quantitative estimate of drug-likeness (QED) is 0.803. The highest BCUT2D eigenvalue weighted by atomic mass is 16.5. The first-order valence-electron chi connectivity index (χ1n) is 6.60. The Kier molecular flexibility index (Phi) is 5.67. The number of rotatable bonds is 5. The third kappa shape index (κ3) is 7.34. The van der Waals surface area contributed by atoms with Gasteiger partial charge in [-0.2, -0.15) is 0 Å². The summed E-state index contributed by atoms with van der Waals surface area (Å²) in [7, 11) is 0. The number of phenolic OH excluding ortho intramolecular Hbond substituents is 1. The number of ether oxygens (including phenoxy) is 1. The maximum Gasteiger partial charge on any atom is 0.407 e. The van der Waals surface area contributed by atoms with Gasteiger partial charge in [-0.1, -0.05) is 12.1 Å². The lowest BCUT2D eigenvalue weighted by Gasteiger charge is -2.19. The van der Waals surface area contributed by atoms with E-state index in [0.29, 0.717) is 12.4 Å². The Hall–Kier alpha value is -1.71. The van der Waals surface area contributed by atoms with Gasteiger partial charge < -0.3 is 15.2 Å². The molecule has 1 amide bonds. The number of aromatic hydroxyl groups is 1. The van der Waals surface area contributed by atoms with Crippen LogP contribution in [0.5, 0.6) is 5.75 Å². The molecular formula is C15H23NO3. The summed E-state index contributed by atoms with van der Waals surface area (Å²) in [5.74, 6) is 0.290. The first-order chi connectivity index (χ1) is 8.87. The molecule has 0 unspecified atom stereocenters. The van der Waals surface area contributed by atoms with Crippen molar-refractivity contribution >= 4 is 6.09 Å². The van der Waals surface area contributed by atoms with Crippen LogP contribution in [0.1, 0.15) is 39.2 Å². The van der Waals surface area contributed by atoms with Gasteiger partial charge in [-0.05, 0) is 57.7 Å². The molecule has 0 aromatic heterocycles. The van der Waals surface area contributed by atoms with Crippen molar-refractivity contribution in [1.29, 1.82) is 0 Å². The summed E-state index contributed by atoms with van der Waals surface area (Å²) in [6.07, 6.45) is 2.24. The number of aryl methyl sites for hydroxylation is 1. The number of nitrogens with one attached hydrogen (secondary N) is 1. The summed E-state index contributed by atoms with van der Waals surface area (Å²) in [4.78, 5) is 11.4. The Labute approximate surface area is 114 Å². The van der Waals surface area contributed by atoms with Crippen LogP contribution < -0.4 is 5.32 Å². The van der Waals surface area contributed by atoms with E-state index >= 15 is 0 Å². The zero-order chi connectivity index (χ0) is 14.3. The second kappa shape index (κ2) is 7.02. The van der Waals surface area contributed by atoms with E-state index < -0.39 is 0 Å². The smallest absolute Gasteiger partial charge is 0.407 e. The van der Waals surface area contributed by atoms with Crippen LogP contribution >= 0.6 is 0 Å². The van der Waals surface area contributed by atoms with E-state index in [2.05, 4.69) is 5.32 Å². The van der Waals surface area contributed by atoms with Gasteiger partial charge in [0.25, 0.3) is 0 Å². The van der Waals surface area contributed by atoms with Crippen molar-refractivity contribution in [3.63, 3.8) is 0 Å². The van der Waals surface area contributed by atoms with E-state index in [1.54, 1.807) is 12.1 Å². The zero-order valence-electron chi connectivity index (χ0n) is 11.9. The van der Waals surface area contributed by atoms with Crippen molar-refractivity contribution in [2.24, 2.45) is 0 Å². The van der Waals surface area contributed by atoms with Crippen molar-refractivity contribution in [3.05, 3.63) is 29.8 Å². The number of benzene rings is 1. The minimum absolute atomic E-state index is 0.265. The van der Waals surface area contributed by atoms with Crippen LogP contribution in [0, 0.1) is 0 Å². The molecule has 19 heavy (non-hydrogen) atoms. The molecular weight excluding hydrogens is 242 g/mol. The highest BCUT2D eigenvalue weighted by Crippen LogP contribution is 2.13. The van der Waals surface area contributed by atoms with Crippen molar-refractivity contribution in [3.8, 4) is 5.75 Å². The molecule has 0 aliphatic heterocycles. The molecule has 1 rings (SSSR count). The molecule has 106 valence electrons. The van der Waals surface area contributed by atoms with Crippen LogP contribution in [-0.4, -0.2) is 23.3 Å². The van der Waals surface area contributed by atoms with E-state index in [9.17, 15) is 9.90 Å². The molecule has 0 fully saturated rings. The van der Waals surface area contributed by atoms with Crippen LogP contribution in [0.2, 0.25) is 0 Å². The normalized spacial score (nSPS) is 11.1. The molecule has 4 nitrogen and oxygen atoms in total. The fourth-order valence-electron chi connectivity index (χ4n) is 1.65. The lowest BCUT2D eigenvalue weighted by molar-refractivity contribution is 0.135. The van der Waals surface area contributed by atoms with Crippen LogP contribution in [0.15, 0.2) is 24.3 Å². The van der Waals surface area contributed by atoms with Crippen LogP contribution in [-0.2, 0) is 11.2 Å². The Balaban J connectivity index is 2.13. The lowest BCUT2D eigenvalue weighted by Crippen LogP contribution is -2.41. The lowest BCUT2D eigenvalue weighted by atomic mass is 10.1. The number of carbonyl (C=O) groups is 1. The first kappa shape index (κ1) is 15.3. The van der Waals surface area contributed by atoms with Crippen LogP contribution in [0.4, 0.5) is 4.79 Å². The van der Waals surface area contributed by atoms with Gasteiger partial charge in [0.15, 0.2) is 0 Å². The number of amides is 1. The molecule has 2 N–H and O–H groups in total. The fourth-order valence-corrected chi connectivity index (χ4v) is 1.65. The monoisotopic (exact) mass is 265 g/mol. The van der Waals surface area contributed by atoms with Crippen LogP contribution in [0.3, 0.4) is 0 Å². The maximum atomic E-state index is 11.4. The van der Waals surface area contributed by atoms with Crippen LogP contribution in [0.25, 0.3) is 0 Å². The molecule has 0 heterocycles. The number of hydrogen-bond acceptors (Lipinski definition) is 3. The predicted molar refractivity (Wildman–Crippen MR) is 75.3 cm³/mol. The molecule has 0 radical (unpaired) electrons. The van der Waals surface area contributed by atoms with Gasteiger partial charge in [0.05, 0.1) is 6.61 Å². The van der Waals surface area contributed by atoms with Crippen molar-refractivity contribution in [2.45, 2.75) is 45.6 Å². The first-order valence-corrected chi connectivity index (χ1v) is 6.60. The Morgan fingerprint density at radius 1 is 1.32 bits per heavy atom. The molecule has 0 aliphatic rings. The molecule has 1 aromatic rings. The van der Waals surface area contributed by atoms with E-state index in [4.69, 9.17) is 4.74 Å². The summed E-state index contributed by atoms with van der Waals surface area (Å²) < 4.78 is 5.08. The molecule has 0 atom stereocenters. The maximum absolute atomic E-state index is 11.4. The molecule has 0 saturated heterocycles. The van der Waals surface area contributed by atoms with Crippen molar-refractivity contribution in [2.75, 3.05) is 6.61 Å². The second-order valence-corrected chi connectivity index (χ2v) is 5.64. The van der Waals surface area contributed by atoms with E-state index in [-0.39, 0.29) is 11.6 Å². The van der Waals surface area contributed by atoms with Gasteiger partial charge in [-0.15, -0.1) is 0 Å². The Bertz CT molecular complexity index is 410. The van der Waals surface area contributed by atoms with Gasteiger partial charge >= 0.3 is 6.09 Å². The number of carbonyl (C=O) groups excluding carboxylic acids is 1. The van der Waals surface area contributed by atoms with Crippen molar-refractivity contribution < 1.29 is 14.6 Å². The van der Waals surface area contributed by atoms with Gasteiger partial charge in [0, 0.05) is 5.54 Å². The average molecular weight is 265 g/mol. The number of phenols is 1. The predicted octanol–water partition coefficient (Wildman–Crippen LogP) is 3.24. The Morgan fingerprint density at radius 2 is 2.05 bits per heavy atom. The third-order valence-corrected chi connectivity index (χ3v) is 2.48. The number of alkyl carbamates (subject to hydrolysis) is 1. The summed E-state index contributed by atoms with van der Waals surface area (Å²) in [5.41, 5.74) is 0.831. The highest BCUT2D eigenvalue weighted by Gasteiger charge is 2.13. The number of unbranched alkanes of at least 4 members (excludes halogenated alkanes) is 1. The summed E-state index contributed by atoms with van der Waals surface area (Å²) >= 11 is 0. The molecule has 0 spiro atoms. The molecule has 0 bridgehead atoms. The second-order valence-electron chi connectivity index (χ2n) is 5.64. The largest absolute Gasteiger partial charge is 0.508 e. The minimum atomic E-state index is -0.371. The SMILES string of the molecule is CC(C)(C)NC(=O)OCCCCc1cccc(O)c1. The summed E-state index contributed by atoms with van der Waals surface area (Å²) in [6, 6.07) is 7.22.